The van der Waals surface area contributed by atoms with Gasteiger partial charge in [-0.1, -0.05) is 6.92 Å². The predicted molar refractivity (Wildman–Crippen MR) is 61.5 cm³/mol. The smallest absolute Gasteiger partial charge is 0.0471 e. The molecule has 0 radical (unpaired) electrons. The van der Waals surface area contributed by atoms with E-state index in [9.17, 15) is 0 Å². The fourth-order valence-corrected chi connectivity index (χ4v) is 1.10. The maximum atomic E-state index is 8.94. The Morgan fingerprint density at radius 3 is 2.14 bits per heavy atom. The minimum Gasteiger partial charge on any atom is -0.396 e. The van der Waals surface area contributed by atoms with Crippen LogP contribution in [-0.4, -0.2) is 36.4 Å². The van der Waals surface area contributed by atoms with Gasteiger partial charge in [0.25, 0.3) is 0 Å². The molecule has 0 rings (SSSR count). The van der Waals surface area contributed by atoms with Crippen LogP contribution in [0.4, 0.5) is 0 Å². The molecule has 0 aromatic heterocycles. The standard InChI is InChI=1S/C11H26N2O/c1-9(8-14)10(2)12-6-7-13-11(3,4)5/h9-10,12-14H,6-8H2,1-5H3. The summed E-state index contributed by atoms with van der Waals surface area (Å²) in [6.07, 6.45) is 0. The number of rotatable bonds is 6. The molecular formula is C11H26N2O. The summed E-state index contributed by atoms with van der Waals surface area (Å²) < 4.78 is 0. The Labute approximate surface area is 88.3 Å². The lowest BCUT2D eigenvalue weighted by molar-refractivity contribution is 0.207. The quantitative estimate of drug-likeness (QED) is 0.563. The first-order chi connectivity index (χ1) is 6.37. The first-order valence-corrected chi connectivity index (χ1v) is 5.46. The van der Waals surface area contributed by atoms with Gasteiger partial charge in [0.15, 0.2) is 0 Å². The van der Waals surface area contributed by atoms with Crippen LogP contribution in [0.25, 0.3) is 0 Å². The molecule has 0 bridgehead atoms. The second-order valence-electron chi connectivity index (χ2n) is 5.08. The third-order valence-electron chi connectivity index (χ3n) is 2.39. The lowest BCUT2D eigenvalue weighted by atomic mass is 10.1. The van der Waals surface area contributed by atoms with Crippen molar-refractivity contribution in [3.05, 3.63) is 0 Å². The van der Waals surface area contributed by atoms with E-state index in [4.69, 9.17) is 5.11 Å². The highest BCUT2D eigenvalue weighted by Gasteiger charge is 2.11. The molecule has 0 aromatic carbocycles. The Morgan fingerprint density at radius 2 is 1.71 bits per heavy atom. The van der Waals surface area contributed by atoms with Crippen molar-refractivity contribution < 1.29 is 5.11 Å². The van der Waals surface area contributed by atoms with Crippen molar-refractivity contribution in [2.24, 2.45) is 5.92 Å². The van der Waals surface area contributed by atoms with Crippen LogP contribution in [0.1, 0.15) is 34.6 Å². The van der Waals surface area contributed by atoms with Gasteiger partial charge in [-0.05, 0) is 33.6 Å². The van der Waals surface area contributed by atoms with Gasteiger partial charge in [-0.2, -0.15) is 0 Å². The molecule has 0 amide bonds. The minimum atomic E-state index is 0.188. The number of aliphatic hydroxyl groups is 1. The van der Waals surface area contributed by atoms with E-state index in [1.54, 1.807) is 0 Å². The van der Waals surface area contributed by atoms with Gasteiger partial charge in [0.05, 0.1) is 0 Å². The number of hydrogen-bond donors (Lipinski definition) is 3. The summed E-state index contributed by atoms with van der Waals surface area (Å²) in [5.74, 6) is 0.324. The van der Waals surface area contributed by atoms with Gasteiger partial charge in [0, 0.05) is 31.3 Å². The summed E-state index contributed by atoms with van der Waals surface area (Å²) in [5.41, 5.74) is 0.188. The minimum absolute atomic E-state index is 0.188. The van der Waals surface area contributed by atoms with Crippen LogP contribution in [0, 0.1) is 5.92 Å². The normalized spacial score (nSPS) is 16.7. The molecule has 0 spiro atoms. The molecule has 2 unspecified atom stereocenters. The first-order valence-electron chi connectivity index (χ1n) is 5.46. The Balaban J connectivity index is 3.45. The van der Waals surface area contributed by atoms with Crippen molar-refractivity contribution in [3.8, 4) is 0 Å². The Bertz CT molecular complexity index is 143. The SMILES string of the molecule is CC(CO)C(C)NCCNC(C)(C)C. The Kier molecular flexibility index (Phi) is 6.33. The zero-order chi connectivity index (χ0) is 11.2. The van der Waals surface area contributed by atoms with Crippen LogP contribution in [0.15, 0.2) is 0 Å². The van der Waals surface area contributed by atoms with Crippen molar-refractivity contribution in [1.82, 2.24) is 10.6 Å². The highest BCUT2D eigenvalue weighted by atomic mass is 16.3. The molecule has 2 atom stereocenters. The van der Waals surface area contributed by atoms with Gasteiger partial charge < -0.3 is 15.7 Å². The fraction of sp³-hybridized carbons (Fsp3) is 1.00. The second kappa shape index (κ2) is 6.38. The molecule has 0 saturated heterocycles. The number of nitrogens with one attached hydrogen (secondary N) is 2. The van der Waals surface area contributed by atoms with Gasteiger partial charge in [0.1, 0.15) is 0 Å². The Morgan fingerprint density at radius 1 is 1.14 bits per heavy atom. The zero-order valence-electron chi connectivity index (χ0n) is 10.2. The van der Waals surface area contributed by atoms with Crippen LogP contribution in [-0.2, 0) is 0 Å². The van der Waals surface area contributed by atoms with Crippen LogP contribution in [0.5, 0.6) is 0 Å². The second-order valence-corrected chi connectivity index (χ2v) is 5.08. The van der Waals surface area contributed by atoms with Crippen molar-refractivity contribution >= 4 is 0 Å². The summed E-state index contributed by atoms with van der Waals surface area (Å²) in [6.45, 7) is 12.8. The first kappa shape index (κ1) is 13.9. The lowest BCUT2D eigenvalue weighted by Gasteiger charge is -2.23. The highest BCUT2D eigenvalue weighted by molar-refractivity contribution is 4.72. The molecule has 3 N–H and O–H groups in total. The van der Waals surface area contributed by atoms with Gasteiger partial charge >= 0.3 is 0 Å². The van der Waals surface area contributed by atoms with E-state index in [0.717, 1.165) is 13.1 Å². The molecule has 3 nitrogen and oxygen atoms in total. The van der Waals surface area contributed by atoms with Gasteiger partial charge in [-0.25, -0.2) is 0 Å². The maximum absolute atomic E-state index is 8.94. The third-order valence-corrected chi connectivity index (χ3v) is 2.39. The van der Waals surface area contributed by atoms with Gasteiger partial charge in [-0.3, -0.25) is 0 Å². The van der Waals surface area contributed by atoms with E-state index in [0.29, 0.717) is 12.0 Å². The van der Waals surface area contributed by atoms with E-state index in [2.05, 4.69) is 45.3 Å². The summed E-state index contributed by atoms with van der Waals surface area (Å²) >= 11 is 0. The summed E-state index contributed by atoms with van der Waals surface area (Å²) in [5, 5.41) is 15.7. The van der Waals surface area contributed by atoms with E-state index in [1.165, 1.54) is 0 Å². The molecule has 0 aliphatic heterocycles. The molecule has 0 aliphatic rings. The number of aliphatic hydroxyl groups excluding tert-OH is 1. The molecule has 0 fully saturated rings. The number of hydrogen-bond acceptors (Lipinski definition) is 3. The lowest BCUT2D eigenvalue weighted by Crippen LogP contribution is -2.43. The molecule has 3 heteroatoms. The zero-order valence-corrected chi connectivity index (χ0v) is 10.2. The largest absolute Gasteiger partial charge is 0.396 e. The monoisotopic (exact) mass is 202 g/mol. The van der Waals surface area contributed by atoms with E-state index >= 15 is 0 Å². The summed E-state index contributed by atoms with van der Waals surface area (Å²) in [6, 6.07) is 0.377. The van der Waals surface area contributed by atoms with Crippen molar-refractivity contribution in [2.45, 2.75) is 46.2 Å². The average Bonchev–Trinajstić information content (AvgIpc) is 2.09. The Hall–Kier alpha value is -0.120. The topological polar surface area (TPSA) is 44.3 Å². The van der Waals surface area contributed by atoms with E-state index in [1.807, 2.05) is 0 Å². The summed E-state index contributed by atoms with van der Waals surface area (Å²) in [7, 11) is 0. The molecular weight excluding hydrogens is 176 g/mol. The molecule has 0 aliphatic carbocycles. The van der Waals surface area contributed by atoms with E-state index in [-0.39, 0.29) is 12.1 Å². The van der Waals surface area contributed by atoms with Gasteiger partial charge in [-0.15, -0.1) is 0 Å². The third kappa shape index (κ3) is 7.30. The average molecular weight is 202 g/mol. The van der Waals surface area contributed by atoms with Crippen LogP contribution < -0.4 is 10.6 Å². The predicted octanol–water partition coefficient (Wildman–Crippen LogP) is 0.981. The van der Waals surface area contributed by atoms with Crippen molar-refractivity contribution in [1.29, 1.82) is 0 Å². The molecule has 0 saturated carbocycles. The van der Waals surface area contributed by atoms with Crippen LogP contribution in [0.2, 0.25) is 0 Å². The maximum Gasteiger partial charge on any atom is 0.0471 e. The van der Waals surface area contributed by atoms with Crippen LogP contribution in [0.3, 0.4) is 0 Å². The van der Waals surface area contributed by atoms with Gasteiger partial charge in [0.2, 0.25) is 0 Å². The molecule has 86 valence electrons. The van der Waals surface area contributed by atoms with Crippen LogP contribution >= 0.6 is 0 Å². The summed E-state index contributed by atoms with van der Waals surface area (Å²) in [4.78, 5) is 0. The van der Waals surface area contributed by atoms with Crippen molar-refractivity contribution in [2.75, 3.05) is 19.7 Å². The molecule has 0 aromatic rings. The fourth-order valence-electron chi connectivity index (χ4n) is 1.10. The highest BCUT2D eigenvalue weighted by Crippen LogP contribution is 2.00. The van der Waals surface area contributed by atoms with Crippen molar-refractivity contribution in [3.63, 3.8) is 0 Å². The van der Waals surface area contributed by atoms with E-state index < -0.39 is 0 Å². The molecule has 14 heavy (non-hydrogen) atoms. The molecule has 0 heterocycles.